The van der Waals surface area contributed by atoms with Crippen molar-refractivity contribution in [3.05, 3.63) is 47.5 Å². The number of aliphatic hydroxyl groups is 3. The number of aryl methyl sites for hydroxylation is 1. The van der Waals surface area contributed by atoms with Crippen LogP contribution in [0.25, 0.3) is 0 Å². The van der Waals surface area contributed by atoms with Gasteiger partial charge in [0.05, 0.1) is 12.7 Å². The smallest absolute Gasteiger partial charge is 0.454 e. The minimum absolute atomic E-state index is 0.119. The van der Waals surface area contributed by atoms with Crippen molar-refractivity contribution < 1.29 is 43.2 Å². The van der Waals surface area contributed by atoms with Crippen molar-refractivity contribution in [3.8, 4) is 0 Å². The molecule has 0 saturated carbocycles. The van der Waals surface area contributed by atoms with E-state index in [2.05, 4.69) is 0 Å². The predicted molar refractivity (Wildman–Crippen MR) is 92.6 cm³/mol. The van der Waals surface area contributed by atoms with Gasteiger partial charge < -0.3 is 26.2 Å². The number of hydrogen-bond acceptors (Lipinski definition) is 6. The highest BCUT2D eigenvalue weighted by Gasteiger charge is 2.44. The van der Waals surface area contributed by atoms with Gasteiger partial charge in [-0.1, -0.05) is 36.4 Å². The molecule has 0 radical (unpaired) electrons. The number of alkyl halides is 3. The van der Waals surface area contributed by atoms with Crippen LogP contribution in [0.3, 0.4) is 0 Å². The first-order chi connectivity index (χ1) is 12.9. The van der Waals surface area contributed by atoms with Gasteiger partial charge in [0, 0.05) is 5.56 Å². The molecule has 6 N–H and O–H groups in total. The number of rotatable bonds is 10. The molecular weight excluding hydrogens is 383 g/mol. The molecule has 7 nitrogen and oxygen atoms in total. The molecule has 0 spiro atoms. The summed E-state index contributed by atoms with van der Waals surface area (Å²) in [5.41, 5.74) is 3.23. The van der Waals surface area contributed by atoms with Gasteiger partial charge in [0.1, 0.15) is 6.10 Å². The number of carboxylic acids is 1. The fraction of sp³-hybridized carbons (Fsp3) is 0.444. The number of Topliss-reactive ketones (excluding diaryl/α,β-unsaturated/α-hetero) is 1. The molecule has 1 aromatic carbocycles. The van der Waals surface area contributed by atoms with E-state index < -0.39 is 47.8 Å². The Bertz CT molecular complexity index is 704. The van der Waals surface area contributed by atoms with E-state index in [9.17, 15) is 33.0 Å². The number of benzene rings is 1. The van der Waals surface area contributed by atoms with E-state index >= 15 is 0 Å². The van der Waals surface area contributed by atoms with Gasteiger partial charge in [-0.15, -0.1) is 0 Å². The number of halogens is 3. The number of carbonyl (C=O) groups is 2. The normalized spacial score (nSPS) is 16.5. The second kappa shape index (κ2) is 9.78. The van der Waals surface area contributed by atoms with Crippen molar-refractivity contribution in [1.29, 1.82) is 0 Å². The second-order valence-corrected chi connectivity index (χ2v) is 6.29. The zero-order chi connectivity index (χ0) is 21.5. The van der Waals surface area contributed by atoms with Crippen LogP contribution in [0.5, 0.6) is 0 Å². The molecule has 0 aliphatic carbocycles. The quantitative estimate of drug-likeness (QED) is 0.286. The number of ketones is 1. The summed E-state index contributed by atoms with van der Waals surface area (Å²) in [5.74, 6) is -3.57. The molecule has 28 heavy (non-hydrogen) atoms. The van der Waals surface area contributed by atoms with E-state index in [0.717, 1.165) is 12.1 Å². The van der Waals surface area contributed by atoms with Crippen molar-refractivity contribution in [1.82, 2.24) is 0 Å². The van der Waals surface area contributed by atoms with E-state index in [-0.39, 0.29) is 6.42 Å². The molecule has 0 aliphatic heterocycles. The standard InChI is InChI=1S/C18H22F3NO6/c19-18(20,21)14(25)12-8-6-11(7-9-12)4-2-1-3-5-13(24)15(26)17(22,10-23)16(27)28/h1,3,6-9,13,15,23-24,26H,2,4-5,10,22H2,(H,27,28)/b3-1+. The first-order valence-electron chi connectivity index (χ1n) is 8.28. The monoisotopic (exact) mass is 405 g/mol. The molecule has 0 fully saturated rings. The molecule has 0 saturated heterocycles. The highest BCUT2D eigenvalue weighted by molar-refractivity contribution is 6.00. The van der Waals surface area contributed by atoms with Crippen molar-refractivity contribution in [2.75, 3.05) is 6.61 Å². The van der Waals surface area contributed by atoms with Crippen molar-refractivity contribution in [2.24, 2.45) is 5.73 Å². The number of aliphatic hydroxyl groups excluding tert-OH is 3. The maximum Gasteiger partial charge on any atom is 0.454 e. The fourth-order valence-corrected chi connectivity index (χ4v) is 2.35. The summed E-state index contributed by atoms with van der Waals surface area (Å²) in [7, 11) is 0. The Hall–Kier alpha value is -2.27. The van der Waals surface area contributed by atoms with Gasteiger partial charge in [0.2, 0.25) is 0 Å². The molecule has 1 aromatic rings. The number of aliphatic carboxylic acids is 1. The Balaban J connectivity index is 2.52. The zero-order valence-electron chi connectivity index (χ0n) is 14.8. The third-order valence-electron chi connectivity index (χ3n) is 4.17. The van der Waals surface area contributed by atoms with Crippen LogP contribution < -0.4 is 5.73 Å². The van der Waals surface area contributed by atoms with Gasteiger partial charge >= 0.3 is 12.1 Å². The summed E-state index contributed by atoms with van der Waals surface area (Å²) in [6.45, 7) is -1.06. The summed E-state index contributed by atoms with van der Waals surface area (Å²) in [6, 6.07) is 5.00. The summed E-state index contributed by atoms with van der Waals surface area (Å²) in [6.07, 6.45) is -4.45. The lowest BCUT2D eigenvalue weighted by atomic mass is 9.89. The highest BCUT2D eigenvalue weighted by atomic mass is 19.4. The summed E-state index contributed by atoms with van der Waals surface area (Å²) >= 11 is 0. The first-order valence-corrected chi connectivity index (χ1v) is 8.28. The van der Waals surface area contributed by atoms with Gasteiger partial charge in [-0.3, -0.25) is 9.59 Å². The third-order valence-corrected chi connectivity index (χ3v) is 4.17. The van der Waals surface area contributed by atoms with Gasteiger partial charge in [-0.2, -0.15) is 13.2 Å². The molecule has 0 heterocycles. The van der Waals surface area contributed by atoms with E-state index in [4.69, 9.17) is 15.9 Å². The molecule has 0 aliphatic rings. The number of nitrogens with two attached hydrogens (primary N) is 1. The SMILES string of the molecule is NC(CO)(C(=O)O)C(O)C(O)C/C=C/CCc1ccc(C(=O)C(F)(F)F)cc1. The highest BCUT2D eigenvalue weighted by Crippen LogP contribution is 2.22. The molecule has 10 heteroatoms. The van der Waals surface area contributed by atoms with Gasteiger partial charge in [0.15, 0.2) is 5.54 Å². The number of carbonyl (C=O) groups excluding carboxylic acids is 1. The average molecular weight is 405 g/mol. The van der Waals surface area contributed by atoms with Gasteiger partial charge in [0.25, 0.3) is 5.78 Å². The number of hydrogen-bond donors (Lipinski definition) is 5. The number of carboxylic acid groups (broad SMARTS) is 1. The second-order valence-electron chi connectivity index (χ2n) is 6.29. The van der Waals surface area contributed by atoms with Gasteiger partial charge in [-0.05, 0) is 24.8 Å². The fourth-order valence-electron chi connectivity index (χ4n) is 2.35. The Morgan fingerprint density at radius 2 is 1.68 bits per heavy atom. The van der Waals surface area contributed by atoms with Crippen molar-refractivity contribution >= 4 is 11.8 Å². The Kier molecular flexibility index (Phi) is 8.30. The lowest BCUT2D eigenvalue weighted by molar-refractivity contribution is -0.154. The van der Waals surface area contributed by atoms with E-state index in [1.54, 1.807) is 6.08 Å². The molecule has 156 valence electrons. The van der Waals surface area contributed by atoms with Crippen molar-refractivity contribution in [3.63, 3.8) is 0 Å². The maximum atomic E-state index is 12.3. The Morgan fingerprint density at radius 3 is 2.14 bits per heavy atom. The van der Waals surface area contributed by atoms with Crippen LogP contribution >= 0.6 is 0 Å². The topological polar surface area (TPSA) is 141 Å². The van der Waals surface area contributed by atoms with Gasteiger partial charge in [-0.25, -0.2) is 0 Å². The van der Waals surface area contributed by atoms with E-state index in [0.29, 0.717) is 18.4 Å². The molecule has 0 amide bonds. The van der Waals surface area contributed by atoms with E-state index in [1.165, 1.54) is 18.2 Å². The van der Waals surface area contributed by atoms with Crippen LogP contribution in [0, 0.1) is 0 Å². The molecule has 3 unspecified atom stereocenters. The van der Waals surface area contributed by atoms with Crippen molar-refractivity contribution in [2.45, 2.75) is 43.2 Å². The summed E-state index contributed by atoms with van der Waals surface area (Å²) in [4.78, 5) is 22.1. The first kappa shape index (κ1) is 23.8. The van der Waals surface area contributed by atoms with Crippen LogP contribution in [0.2, 0.25) is 0 Å². The molecule has 3 atom stereocenters. The largest absolute Gasteiger partial charge is 0.480 e. The van der Waals surface area contributed by atoms with Crippen LogP contribution in [0.1, 0.15) is 28.8 Å². The van der Waals surface area contributed by atoms with Crippen LogP contribution in [0.15, 0.2) is 36.4 Å². The predicted octanol–water partition coefficient (Wildman–Crippen LogP) is 0.807. The lowest BCUT2D eigenvalue weighted by Crippen LogP contribution is -2.63. The molecule has 1 rings (SSSR count). The Labute approximate surface area is 158 Å². The van der Waals surface area contributed by atoms with Crippen LogP contribution in [-0.4, -0.2) is 62.7 Å². The average Bonchev–Trinajstić information content (AvgIpc) is 2.65. The third kappa shape index (κ3) is 6.13. The minimum atomic E-state index is -4.92. The summed E-state index contributed by atoms with van der Waals surface area (Å²) in [5, 5.41) is 37.6. The number of allylic oxidation sites excluding steroid dienone is 1. The Morgan fingerprint density at radius 1 is 1.11 bits per heavy atom. The summed E-state index contributed by atoms with van der Waals surface area (Å²) < 4.78 is 37.0. The van der Waals surface area contributed by atoms with Crippen LogP contribution in [-0.2, 0) is 11.2 Å². The minimum Gasteiger partial charge on any atom is -0.480 e. The molecular formula is C18H22F3NO6. The maximum absolute atomic E-state index is 12.3. The zero-order valence-corrected chi connectivity index (χ0v) is 14.8. The van der Waals surface area contributed by atoms with E-state index in [1.807, 2.05) is 0 Å². The molecule has 0 bridgehead atoms. The lowest BCUT2D eigenvalue weighted by Gasteiger charge is -2.30. The molecule has 0 aromatic heterocycles. The van der Waals surface area contributed by atoms with Crippen LogP contribution in [0.4, 0.5) is 13.2 Å².